The number of nitrogens with zero attached hydrogens (tertiary/aromatic N) is 1. The Balaban J connectivity index is 2.50. The molecule has 0 saturated carbocycles. The highest BCUT2D eigenvalue weighted by Gasteiger charge is 2.41. The average Bonchev–Trinajstić information content (AvgIpc) is 2.37. The Morgan fingerprint density at radius 1 is 1.40 bits per heavy atom. The molecule has 1 saturated heterocycles. The molecule has 0 aromatic rings. The van der Waals surface area contributed by atoms with Gasteiger partial charge >= 0.3 is 18.2 Å². The molecule has 0 aliphatic carbocycles. The van der Waals surface area contributed by atoms with Gasteiger partial charge in [-0.05, 0) is 19.3 Å². The molecule has 0 aromatic heterocycles. The lowest BCUT2D eigenvalue weighted by atomic mass is 9.96. The van der Waals surface area contributed by atoms with E-state index in [1.165, 1.54) is 11.0 Å². The van der Waals surface area contributed by atoms with Crippen molar-refractivity contribution in [3.8, 4) is 0 Å². The van der Waals surface area contributed by atoms with Crippen LogP contribution in [0.2, 0.25) is 0 Å². The number of halogens is 3. The van der Waals surface area contributed by atoms with E-state index in [2.05, 4.69) is 11.9 Å². The van der Waals surface area contributed by atoms with Crippen LogP contribution in [0.15, 0.2) is 12.7 Å². The number of alkyl halides is 3. The number of urea groups is 1. The van der Waals surface area contributed by atoms with Crippen LogP contribution in [0.1, 0.15) is 19.3 Å². The Morgan fingerprint density at radius 2 is 1.95 bits per heavy atom. The molecule has 0 spiro atoms. The van der Waals surface area contributed by atoms with E-state index in [4.69, 9.17) is 5.11 Å². The van der Waals surface area contributed by atoms with Gasteiger partial charge in [-0.15, -0.1) is 6.58 Å². The van der Waals surface area contributed by atoms with Gasteiger partial charge in [0.25, 0.3) is 0 Å². The molecular formula is C12H17F3N2O3. The molecule has 1 aliphatic rings. The smallest absolute Gasteiger partial charge is 0.391 e. The lowest BCUT2D eigenvalue weighted by Crippen LogP contribution is -2.51. The van der Waals surface area contributed by atoms with Crippen molar-refractivity contribution in [2.75, 3.05) is 13.1 Å². The van der Waals surface area contributed by atoms with E-state index < -0.39 is 30.1 Å². The second kappa shape index (κ2) is 6.62. The number of nitrogens with one attached hydrogen (secondary N) is 1. The average molecular weight is 294 g/mol. The molecule has 1 heterocycles. The van der Waals surface area contributed by atoms with Crippen molar-refractivity contribution in [3.63, 3.8) is 0 Å². The number of hydrogen-bond donors (Lipinski definition) is 2. The number of carboxylic acids is 1. The van der Waals surface area contributed by atoms with Crippen LogP contribution in [0.5, 0.6) is 0 Å². The quantitative estimate of drug-likeness (QED) is 0.779. The van der Waals surface area contributed by atoms with Crippen molar-refractivity contribution in [2.24, 2.45) is 5.92 Å². The van der Waals surface area contributed by atoms with E-state index in [9.17, 15) is 22.8 Å². The maximum absolute atomic E-state index is 12.5. The van der Waals surface area contributed by atoms with Crippen molar-refractivity contribution in [1.82, 2.24) is 10.2 Å². The summed E-state index contributed by atoms with van der Waals surface area (Å²) in [6.07, 6.45) is -3.14. The zero-order valence-corrected chi connectivity index (χ0v) is 10.8. The lowest BCUT2D eigenvalue weighted by molar-refractivity contribution is -0.183. The van der Waals surface area contributed by atoms with Crippen LogP contribution in [0.25, 0.3) is 0 Å². The van der Waals surface area contributed by atoms with Gasteiger partial charge in [-0.3, -0.25) is 0 Å². The van der Waals surface area contributed by atoms with E-state index in [1.54, 1.807) is 0 Å². The maximum Gasteiger partial charge on any atom is 0.391 e. The van der Waals surface area contributed by atoms with Crippen LogP contribution >= 0.6 is 0 Å². The number of hydrogen-bond acceptors (Lipinski definition) is 2. The zero-order chi connectivity index (χ0) is 15.3. The zero-order valence-electron chi connectivity index (χ0n) is 10.8. The van der Waals surface area contributed by atoms with Crippen LogP contribution in [-0.2, 0) is 4.79 Å². The first-order valence-electron chi connectivity index (χ1n) is 6.21. The minimum Gasteiger partial charge on any atom is -0.480 e. The monoisotopic (exact) mass is 294 g/mol. The van der Waals surface area contributed by atoms with E-state index in [1.807, 2.05) is 0 Å². The molecule has 0 bridgehead atoms. The molecular weight excluding hydrogens is 277 g/mol. The molecule has 2 amide bonds. The largest absolute Gasteiger partial charge is 0.480 e. The number of amides is 2. The number of carbonyl (C=O) groups is 2. The van der Waals surface area contributed by atoms with Gasteiger partial charge in [-0.2, -0.15) is 13.2 Å². The summed E-state index contributed by atoms with van der Waals surface area (Å²) in [7, 11) is 0. The van der Waals surface area contributed by atoms with Crippen LogP contribution in [0.4, 0.5) is 18.0 Å². The minimum atomic E-state index is -4.24. The fourth-order valence-corrected chi connectivity index (χ4v) is 2.04. The molecule has 20 heavy (non-hydrogen) atoms. The van der Waals surface area contributed by atoms with Crippen molar-refractivity contribution in [1.29, 1.82) is 0 Å². The Hall–Kier alpha value is -1.73. The first-order chi connectivity index (χ1) is 9.25. The summed E-state index contributed by atoms with van der Waals surface area (Å²) in [5, 5.41) is 11.1. The highest BCUT2D eigenvalue weighted by atomic mass is 19.4. The predicted molar refractivity (Wildman–Crippen MR) is 65.1 cm³/mol. The highest BCUT2D eigenvalue weighted by molar-refractivity contribution is 5.82. The summed E-state index contributed by atoms with van der Waals surface area (Å²) >= 11 is 0. The summed E-state index contributed by atoms with van der Waals surface area (Å²) in [4.78, 5) is 23.9. The number of piperidine rings is 1. The fourth-order valence-electron chi connectivity index (χ4n) is 2.04. The number of aliphatic carboxylic acids is 1. The molecule has 1 aliphatic heterocycles. The maximum atomic E-state index is 12.5. The van der Waals surface area contributed by atoms with Gasteiger partial charge in [0.05, 0.1) is 5.92 Å². The minimum absolute atomic E-state index is 0.0313. The molecule has 1 fully saturated rings. The van der Waals surface area contributed by atoms with Gasteiger partial charge in [0.2, 0.25) is 0 Å². The van der Waals surface area contributed by atoms with Crippen molar-refractivity contribution in [2.45, 2.75) is 31.5 Å². The summed E-state index contributed by atoms with van der Waals surface area (Å²) in [5.41, 5.74) is 0. The van der Waals surface area contributed by atoms with Gasteiger partial charge in [-0.25, -0.2) is 9.59 Å². The number of likely N-dealkylation sites (tertiary alicyclic amines) is 1. The highest BCUT2D eigenvalue weighted by Crippen LogP contribution is 2.34. The molecule has 2 N–H and O–H groups in total. The molecule has 1 atom stereocenters. The number of rotatable bonds is 4. The Morgan fingerprint density at radius 3 is 2.35 bits per heavy atom. The molecule has 0 aromatic carbocycles. The second-order valence-electron chi connectivity index (χ2n) is 4.67. The molecule has 5 nitrogen and oxygen atoms in total. The third-order valence-corrected chi connectivity index (χ3v) is 3.24. The van der Waals surface area contributed by atoms with Gasteiger partial charge < -0.3 is 15.3 Å². The Bertz CT molecular complexity index is 377. The second-order valence-corrected chi connectivity index (χ2v) is 4.67. The van der Waals surface area contributed by atoms with Gasteiger partial charge in [0.1, 0.15) is 6.04 Å². The van der Waals surface area contributed by atoms with E-state index in [0.717, 1.165) is 0 Å². The number of carboxylic acid groups (broad SMARTS) is 1. The first-order valence-corrected chi connectivity index (χ1v) is 6.21. The molecule has 1 unspecified atom stereocenters. The van der Waals surface area contributed by atoms with Crippen molar-refractivity contribution >= 4 is 12.0 Å². The van der Waals surface area contributed by atoms with Crippen LogP contribution in [0, 0.1) is 5.92 Å². The lowest BCUT2D eigenvalue weighted by Gasteiger charge is -2.33. The molecule has 1 rings (SSSR count). The van der Waals surface area contributed by atoms with Gasteiger partial charge in [0, 0.05) is 13.1 Å². The van der Waals surface area contributed by atoms with E-state index >= 15 is 0 Å². The summed E-state index contributed by atoms with van der Waals surface area (Å²) < 4.78 is 37.4. The first kappa shape index (κ1) is 16.3. The van der Waals surface area contributed by atoms with E-state index in [0.29, 0.717) is 0 Å². The summed E-state index contributed by atoms with van der Waals surface area (Å²) in [6.45, 7) is 3.32. The number of carbonyl (C=O) groups excluding carboxylic acids is 1. The topological polar surface area (TPSA) is 69.6 Å². The van der Waals surface area contributed by atoms with Crippen molar-refractivity contribution in [3.05, 3.63) is 12.7 Å². The van der Waals surface area contributed by atoms with Crippen LogP contribution < -0.4 is 5.32 Å². The fraction of sp³-hybridized carbons (Fsp3) is 0.667. The van der Waals surface area contributed by atoms with Gasteiger partial charge in [-0.1, -0.05) is 6.08 Å². The summed E-state index contributed by atoms with van der Waals surface area (Å²) in [6, 6.07) is -1.76. The third kappa shape index (κ3) is 4.43. The third-order valence-electron chi connectivity index (χ3n) is 3.24. The standard InChI is InChI=1S/C12H17F3N2O3/c1-2-3-9(10(18)19)16-11(20)17-6-4-8(5-7-17)12(13,14)15/h2,8-9H,1,3-7H2,(H,16,20)(H,18,19). The normalized spacial score (nSPS) is 18.4. The van der Waals surface area contributed by atoms with E-state index in [-0.39, 0.29) is 32.4 Å². The molecule has 0 radical (unpaired) electrons. The summed E-state index contributed by atoms with van der Waals surface area (Å²) in [5.74, 6) is -2.60. The predicted octanol–water partition coefficient (Wildman–Crippen LogP) is 2.00. The van der Waals surface area contributed by atoms with Crippen LogP contribution in [0.3, 0.4) is 0 Å². The Kier molecular flexibility index (Phi) is 5.41. The molecule has 8 heteroatoms. The Labute approximate surface area is 114 Å². The van der Waals surface area contributed by atoms with Crippen molar-refractivity contribution < 1.29 is 27.9 Å². The molecule has 114 valence electrons. The van der Waals surface area contributed by atoms with Crippen LogP contribution in [-0.4, -0.2) is 47.3 Å². The SMILES string of the molecule is C=CCC(NC(=O)N1CCC(C(F)(F)F)CC1)C(=O)O. The van der Waals surface area contributed by atoms with Gasteiger partial charge in [0.15, 0.2) is 0 Å².